The number of hydrogen-bond donors (Lipinski definition) is 1. The maximum Gasteiger partial charge on any atom is 0.304 e. The highest BCUT2D eigenvalue weighted by Gasteiger charge is 2.35. The van der Waals surface area contributed by atoms with Crippen molar-refractivity contribution < 1.29 is 14.6 Å². The number of hydrogen-bond acceptors (Lipinski definition) is 3. The Kier molecular flexibility index (Phi) is 3.42. The van der Waals surface area contributed by atoms with Gasteiger partial charge in [-0.05, 0) is 25.5 Å². The van der Waals surface area contributed by atoms with Gasteiger partial charge >= 0.3 is 5.97 Å². The number of nitrogens with zero attached hydrogens (tertiary/aromatic N) is 1. The van der Waals surface area contributed by atoms with E-state index in [1.54, 1.807) is 0 Å². The van der Waals surface area contributed by atoms with Gasteiger partial charge in [-0.15, -0.1) is 0 Å². The van der Waals surface area contributed by atoms with E-state index in [2.05, 4.69) is 11.0 Å². The van der Waals surface area contributed by atoms with Crippen molar-refractivity contribution in [2.45, 2.75) is 37.8 Å². The lowest BCUT2D eigenvalue weighted by Gasteiger charge is -2.36. The first-order chi connectivity index (χ1) is 9.25. The van der Waals surface area contributed by atoms with Gasteiger partial charge in [-0.2, -0.15) is 0 Å². The lowest BCUT2D eigenvalue weighted by molar-refractivity contribution is -0.138. The highest BCUT2D eigenvalue weighted by atomic mass is 16.5. The first kappa shape index (κ1) is 12.5. The number of benzene rings is 1. The molecule has 1 aromatic rings. The highest BCUT2D eigenvalue weighted by Crippen LogP contribution is 2.39. The predicted octanol–water partition coefficient (Wildman–Crippen LogP) is 2.45. The third kappa shape index (κ3) is 2.45. The van der Waals surface area contributed by atoms with Crippen molar-refractivity contribution in [1.82, 2.24) is 4.90 Å². The Morgan fingerprint density at radius 1 is 1.37 bits per heavy atom. The summed E-state index contributed by atoms with van der Waals surface area (Å²) in [7, 11) is 0. The standard InChI is InChI=1S/C15H19NO3/c17-15(18)10-11-4-3-8-16(11)13-7-9-19-14-6-2-1-5-12(13)14/h1-2,5-6,11,13H,3-4,7-10H2,(H,17,18). The van der Waals surface area contributed by atoms with E-state index in [9.17, 15) is 4.79 Å². The van der Waals surface area contributed by atoms with Crippen LogP contribution in [-0.4, -0.2) is 35.2 Å². The summed E-state index contributed by atoms with van der Waals surface area (Å²) in [5.74, 6) is 0.261. The Morgan fingerprint density at radius 3 is 3.05 bits per heavy atom. The molecule has 0 aliphatic carbocycles. The first-order valence-corrected chi connectivity index (χ1v) is 6.95. The molecule has 0 aromatic heterocycles. The molecule has 4 nitrogen and oxygen atoms in total. The van der Waals surface area contributed by atoms with E-state index in [4.69, 9.17) is 9.84 Å². The SMILES string of the molecule is O=C(O)CC1CCCN1C1CCOc2ccccc21. The molecule has 2 aliphatic heterocycles. The van der Waals surface area contributed by atoms with Crippen molar-refractivity contribution in [2.75, 3.05) is 13.2 Å². The summed E-state index contributed by atoms with van der Waals surface area (Å²) >= 11 is 0. The number of carboxylic acids is 1. The Hall–Kier alpha value is -1.55. The smallest absolute Gasteiger partial charge is 0.304 e. The van der Waals surface area contributed by atoms with Crippen LogP contribution in [0.15, 0.2) is 24.3 Å². The first-order valence-electron chi connectivity index (χ1n) is 6.95. The molecule has 0 amide bonds. The minimum absolute atomic E-state index is 0.175. The monoisotopic (exact) mass is 261 g/mol. The van der Waals surface area contributed by atoms with Crippen LogP contribution < -0.4 is 4.74 Å². The molecule has 4 heteroatoms. The molecule has 1 aromatic carbocycles. The van der Waals surface area contributed by atoms with Gasteiger partial charge in [0.05, 0.1) is 13.0 Å². The van der Waals surface area contributed by atoms with E-state index in [0.29, 0.717) is 6.04 Å². The Bertz CT molecular complexity index is 474. The molecule has 1 N–H and O–H groups in total. The highest BCUT2D eigenvalue weighted by molar-refractivity contribution is 5.67. The number of rotatable bonds is 3. The molecule has 0 bridgehead atoms. The number of carboxylic acid groups (broad SMARTS) is 1. The van der Waals surface area contributed by atoms with Gasteiger partial charge in [-0.25, -0.2) is 0 Å². The summed E-state index contributed by atoms with van der Waals surface area (Å²) in [5.41, 5.74) is 1.21. The Labute approximate surface area is 113 Å². The zero-order chi connectivity index (χ0) is 13.2. The summed E-state index contributed by atoms with van der Waals surface area (Å²) in [4.78, 5) is 13.3. The minimum atomic E-state index is -0.697. The molecular weight excluding hydrogens is 242 g/mol. The number of ether oxygens (including phenoxy) is 1. The maximum absolute atomic E-state index is 11.0. The van der Waals surface area contributed by atoms with Gasteiger partial charge in [0, 0.05) is 24.1 Å². The molecule has 2 atom stereocenters. The number of carbonyl (C=O) groups is 1. The molecular formula is C15H19NO3. The Morgan fingerprint density at radius 2 is 2.21 bits per heavy atom. The zero-order valence-corrected chi connectivity index (χ0v) is 10.9. The van der Waals surface area contributed by atoms with Gasteiger partial charge in [0.25, 0.3) is 0 Å². The summed E-state index contributed by atoms with van der Waals surface area (Å²) < 4.78 is 5.69. The van der Waals surface area contributed by atoms with Crippen LogP contribution in [0.2, 0.25) is 0 Å². The number of para-hydroxylation sites is 1. The van der Waals surface area contributed by atoms with Gasteiger partial charge in [0.2, 0.25) is 0 Å². The molecule has 1 saturated heterocycles. The minimum Gasteiger partial charge on any atom is -0.493 e. The molecule has 2 unspecified atom stereocenters. The van der Waals surface area contributed by atoms with Crippen LogP contribution >= 0.6 is 0 Å². The molecule has 3 rings (SSSR count). The molecule has 2 heterocycles. The van der Waals surface area contributed by atoms with Crippen LogP contribution in [-0.2, 0) is 4.79 Å². The molecule has 19 heavy (non-hydrogen) atoms. The quantitative estimate of drug-likeness (QED) is 0.908. The van der Waals surface area contributed by atoms with Crippen LogP contribution in [0.3, 0.4) is 0 Å². The van der Waals surface area contributed by atoms with E-state index >= 15 is 0 Å². The van der Waals surface area contributed by atoms with Crippen molar-refractivity contribution in [1.29, 1.82) is 0 Å². The van der Waals surface area contributed by atoms with E-state index in [0.717, 1.165) is 38.2 Å². The van der Waals surface area contributed by atoms with Crippen molar-refractivity contribution in [3.63, 3.8) is 0 Å². The third-order valence-corrected chi connectivity index (χ3v) is 4.16. The number of fused-ring (bicyclic) bond motifs is 1. The van der Waals surface area contributed by atoms with Crippen molar-refractivity contribution in [2.24, 2.45) is 0 Å². The molecule has 102 valence electrons. The lowest BCUT2D eigenvalue weighted by atomic mass is 9.97. The normalized spacial score (nSPS) is 26.7. The lowest BCUT2D eigenvalue weighted by Crippen LogP contribution is -2.37. The van der Waals surface area contributed by atoms with E-state index in [1.807, 2.05) is 18.2 Å². The molecule has 0 spiro atoms. The van der Waals surface area contributed by atoms with Gasteiger partial charge in [0.15, 0.2) is 0 Å². The third-order valence-electron chi connectivity index (χ3n) is 4.16. The fourth-order valence-electron chi connectivity index (χ4n) is 3.36. The maximum atomic E-state index is 11.0. The van der Waals surface area contributed by atoms with Crippen LogP contribution in [0.25, 0.3) is 0 Å². The van der Waals surface area contributed by atoms with E-state index in [1.165, 1.54) is 5.56 Å². The van der Waals surface area contributed by atoms with E-state index in [-0.39, 0.29) is 12.5 Å². The average Bonchev–Trinajstić information content (AvgIpc) is 2.85. The topological polar surface area (TPSA) is 49.8 Å². The average molecular weight is 261 g/mol. The second-order valence-corrected chi connectivity index (χ2v) is 5.32. The molecule has 0 saturated carbocycles. The largest absolute Gasteiger partial charge is 0.493 e. The van der Waals surface area contributed by atoms with Gasteiger partial charge in [-0.3, -0.25) is 9.69 Å². The number of likely N-dealkylation sites (tertiary alicyclic amines) is 1. The summed E-state index contributed by atoms with van der Waals surface area (Å²) in [5, 5.41) is 9.03. The van der Waals surface area contributed by atoms with Crippen molar-refractivity contribution in [3.8, 4) is 5.75 Å². The zero-order valence-electron chi connectivity index (χ0n) is 10.9. The van der Waals surface area contributed by atoms with Gasteiger partial charge < -0.3 is 9.84 Å². The van der Waals surface area contributed by atoms with Crippen LogP contribution in [0.4, 0.5) is 0 Å². The summed E-state index contributed by atoms with van der Waals surface area (Å²) in [6.07, 6.45) is 3.29. The Balaban J connectivity index is 1.84. The van der Waals surface area contributed by atoms with E-state index < -0.39 is 5.97 Å². The molecule has 1 fully saturated rings. The second-order valence-electron chi connectivity index (χ2n) is 5.32. The summed E-state index contributed by atoms with van der Waals surface area (Å²) in [6.45, 7) is 1.72. The van der Waals surface area contributed by atoms with Crippen LogP contribution in [0.5, 0.6) is 5.75 Å². The van der Waals surface area contributed by atoms with Crippen molar-refractivity contribution >= 4 is 5.97 Å². The van der Waals surface area contributed by atoms with Gasteiger partial charge in [-0.1, -0.05) is 18.2 Å². The summed E-state index contributed by atoms with van der Waals surface area (Å²) in [6, 6.07) is 8.62. The van der Waals surface area contributed by atoms with Gasteiger partial charge in [0.1, 0.15) is 5.75 Å². The second kappa shape index (κ2) is 5.21. The van der Waals surface area contributed by atoms with Crippen LogP contribution in [0.1, 0.15) is 37.3 Å². The van der Waals surface area contributed by atoms with Crippen molar-refractivity contribution in [3.05, 3.63) is 29.8 Å². The fourth-order valence-corrected chi connectivity index (χ4v) is 3.36. The fraction of sp³-hybridized carbons (Fsp3) is 0.533. The molecule has 2 aliphatic rings. The predicted molar refractivity (Wildman–Crippen MR) is 71.3 cm³/mol. The molecule has 0 radical (unpaired) electrons. The van der Waals surface area contributed by atoms with Crippen LogP contribution in [0, 0.1) is 0 Å². The number of aliphatic carboxylic acids is 1.